The average molecular weight is 531 g/mol. The summed E-state index contributed by atoms with van der Waals surface area (Å²) in [5.41, 5.74) is 3.07. The zero-order valence-corrected chi connectivity index (χ0v) is 23.5. The van der Waals surface area contributed by atoms with Crippen molar-refractivity contribution in [2.24, 2.45) is 17.8 Å². The second-order valence-electron chi connectivity index (χ2n) is 12.1. The van der Waals surface area contributed by atoms with E-state index in [2.05, 4.69) is 13.0 Å². The Bertz CT molecular complexity index is 1190. The summed E-state index contributed by atoms with van der Waals surface area (Å²) in [4.78, 5) is 0. The van der Waals surface area contributed by atoms with Gasteiger partial charge in [-0.15, -0.1) is 0 Å². The molecule has 0 aromatic heterocycles. The van der Waals surface area contributed by atoms with Gasteiger partial charge >= 0.3 is 0 Å². The first-order chi connectivity index (χ1) is 19.1. The monoisotopic (exact) mass is 530 g/mol. The SMILES string of the molecule is CCCCCCCC1CCC2CC(c3ccc(-c4ccc(OCc5ccccc5)c(F)c4)c(F)c3)CCC2C1. The number of unbranched alkanes of at least 4 members (excludes halogenated alkanes) is 4. The fraction of sp³-hybridized carbons (Fsp3) is 0.500. The molecule has 4 unspecified atom stereocenters. The van der Waals surface area contributed by atoms with Crippen LogP contribution < -0.4 is 4.74 Å². The van der Waals surface area contributed by atoms with Crippen molar-refractivity contribution < 1.29 is 13.5 Å². The summed E-state index contributed by atoms with van der Waals surface area (Å²) >= 11 is 0. The van der Waals surface area contributed by atoms with Gasteiger partial charge in [0.2, 0.25) is 0 Å². The normalized spacial score (nSPS) is 22.8. The molecule has 2 aliphatic rings. The largest absolute Gasteiger partial charge is 0.486 e. The molecule has 4 atom stereocenters. The predicted octanol–water partition coefficient (Wildman–Crippen LogP) is 10.9. The topological polar surface area (TPSA) is 9.23 Å². The molecule has 0 N–H and O–H groups in total. The average Bonchev–Trinajstić information content (AvgIpc) is 2.96. The van der Waals surface area contributed by atoms with E-state index in [1.54, 1.807) is 18.2 Å². The summed E-state index contributed by atoms with van der Waals surface area (Å²) in [7, 11) is 0. The fourth-order valence-electron chi connectivity index (χ4n) is 7.13. The van der Waals surface area contributed by atoms with E-state index in [1.807, 2.05) is 36.4 Å². The lowest BCUT2D eigenvalue weighted by Crippen LogP contribution is -2.30. The second kappa shape index (κ2) is 13.6. The van der Waals surface area contributed by atoms with E-state index in [1.165, 1.54) is 76.7 Å². The molecule has 0 aliphatic heterocycles. The van der Waals surface area contributed by atoms with Crippen molar-refractivity contribution in [2.45, 2.75) is 96.5 Å². The third kappa shape index (κ3) is 7.29. The molecule has 2 fully saturated rings. The van der Waals surface area contributed by atoms with Crippen molar-refractivity contribution in [1.82, 2.24) is 0 Å². The minimum Gasteiger partial charge on any atom is -0.486 e. The number of ether oxygens (including phenoxy) is 1. The Morgan fingerprint density at radius 2 is 1.54 bits per heavy atom. The molecule has 0 bridgehead atoms. The minimum absolute atomic E-state index is 0.183. The van der Waals surface area contributed by atoms with Gasteiger partial charge in [-0.25, -0.2) is 8.78 Å². The van der Waals surface area contributed by atoms with Gasteiger partial charge in [0.15, 0.2) is 11.6 Å². The highest BCUT2D eigenvalue weighted by Crippen LogP contribution is 2.48. The summed E-state index contributed by atoms with van der Waals surface area (Å²) in [5.74, 6) is 2.47. The first-order valence-corrected chi connectivity index (χ1v) is 15.4. The number of benzene rings is 3. The molecule has 0 spiro atoms. The lowest BCUT2D eigenvalue weighted by Gasteiger charge is -2.42. The van der Waals surface area contributed by atoms with E-state index in [0.29, 0.717) is 23.7 Å². The summed E-state index contributed by atoms with van der Waals surface area (Å²) in [5, 5.41) is 0. The van der Waals surface area contributed by atoms with Crippen LogP contribution in [0.15, 0.2) is 66.7 Å². The quantitative estimate of drug-likeness (QED) is 0.224. The van der Waals surface area contributed by atoms with Crippen LogP contribution in [0.2, 0.25) is 0 Å². The van der Waals surface area contributed by atoms with Crippen LogP contribution in [0.1, 0.15) is 101 Å². The Morgan fingerprint density at radius 1 is 0.744 bits per heavy atom. The standard InChI is InChI=1S/C36H44F2O/c1-2-3-4-5-7-10-26-13-14-29-22-30(16-15-28(29)21-26)31-17-19-33(34(37)23-31)32-18-20-36(35(38)24-32)39-25-27-11-8-6-9-12-27/h6,8-9,11-12,17-20,23-24,26,28-30H,2-5,7,10,13-16,21-22,25H2,1H3. The molecule has 3 aromatic carbocycles. The van der Waals surface area contributed by atoms with E-state index in [9.17, 15) is 4.39 Å². The molecular weight excluding hydrogens is 486 g/mol. The van der Waals surface area contributed by atoms with E-state index >= 15 is 4.39 Å². The molecule has 208 valence electrons. The van der Waals surface area contributed by atoms with Crippen molar-refractivity contribution in [3.8, 4) is 16.9 Å². The number of hydrogen-bond acceptors (Lipinski definition) is 1. The maximum atomic E-state index is 15.3. The first-order valence-electron chi connectivity index (χ1n) is 15.4. The van der Waals surface area contributed by atoms with Crippen LogP contribution in [0.5, 0.6) is 5.75 Å². The number of halogens is 2. The minimum atomic E-state index is -0.471. The highest BCUT2D eigenvalue weighted by molar-refractivity contribution is 5.65. The fourth-order valence-corrected chi connectivity index (χ4v) is 7.13. The van der Waals surface area contributed by atoms with Crippen molar-refractivity contribution in [3.63, 3.8) is 0 Å². The van der Waals surface area contributed by atoms with Crippen molar-refractivity contribution in [1.29, 1.82) is 0 Å². The summed E-state index contributed by atoms with van der Waals surface area (Å²) in [6, 6.07) is 20.0. The Morgan fingerprint density at radius 3 is 2.33 bits per heavy atom. The summed E-state index contributed by atoms with van der Waals surface area (Å²) in [6.45, 7) is 2.58. The van der Waals surface area contributed by atoms with Gasteiger partial charge < -0.3 is 4.74 Å². The van der Waals surface area contributed by atoms with Crippen molar-refractivity contribution >= 4 is 0 Å². The second-order valence-corrected chi connectivity index (χ2v) is 12.1. The molecule has 2 saturated carbocycles. The Kier molecular flexibility index (Phi) is 9.71. The maximum Gasteiger partial charge on any atom is 0.165 e. The van der Waals surface area contributed by atoms with Gasteiger partial charge in [0.25, 0.3) is 0 Å². The summed E-state index contributed by atoms with van der Waals surface area (Å²) in [6.07, 6.45) is 16.1. The highest BCUT2D eigenvalue weighted by Gasteiger charge is 2.36. The van der Waals surface area contributed by atoms with Crippen LogP contribution in [0.25, 0.3) is 11.1 Å². The van der Waals surface area contributed by atoms with Gasteiger partial charge in [0, 0.05) is 5.56 Å². The number of fused-ring (bicyclic) bond motifs is 1. The Labute approximate surface area is 234 Å². The van der Waals surface area contributed by atoms with Crippen molar-refractivity contribution in [3.05, 3.63) is 89.5 Å². The third-order valence-electron chi connectivity index (χ3n) is 9.38. The molecule has 3 heteroatoms. The molecular formula is C36H44F2O. The van der Waals surface area contributed by atoms with E-state index in [-0.39, 0.29) is 11.6 Å². The molecule has 5 rings (SSSR count). The van der Waals surface area contributed by atoms with E-state index in [0.717, 1.165) is 35.3 Å². The smallest absolute Gasteiger partial charge is 0.165 e. The van der Waals surface area contributed by atoms with Gasteiger partial charge in [-0.3, -0.25) is 0 Å². The van der Waals surface area contributed by atoms with Gasteiger partial charge in [0.05, 0.1) is 0 Å². The van der Waals surface area contributed by atoms with E-state index < -0.39 is 5.82 Å². The lowest BCUT2D eigenvalue weighted by molar-refractivity contribution is 0.113. The Hall–Kier alpha value is -2.68. The van der Waals surface area contributed by atoms with Crippen LogP contribution in [0, 0.1) is 29.4 Å². The van der Waals surface area contributed by atoms with Crippen LogP contribution in [0.4, 0.5) is 8.78 Å². The zero-order chi connectivity index (χ0) is 27.0. The van der Waals surface area contributed by atoms with Crippen LogP contribution in [-0.4, -0.2) is 0 Å². The van der Waals surface area contributed by atoms with Gasteiger partial charge in [-0.05, 0) is 90.7 Å². The lowest BCUT2D eigenvalue weighted by atomic mass is 9.63. The first kappa shape index (κ1) is 27.9. The zero-order valence-electron chi connectivity index (χ0n) is 23.5. The molecule has 0 saturated heterocycles. The number of hydrogen-bond donors (Lipinski definition) is 0. The molecule has 0 amide bonds. The third-order valence-corrected chi connectivity index (χ3v) is 9.38. The Balaban J connectivity index is 1.16. The van der Waals surface area contributed by atoms with Crippen molar-refractivity contribution in [2.75, 3.05) is 0 Å². The molecule has 0 radical (unpaired) electrons. The maximum absolute atomic E-state index is 15.3. The molecule has 2 aliphatic carbocycles. The predicted molar refractivity (Wildman–Crippen MR) is 157 cm³/mol. The molecule has 3 aromatic rings. The van der Waals surface area contributed by atoms with Crippen LogP contribution in [0.3, 0.4) is 0 Å². The van der Waals surface area contributed by atoms with Crippen LogP contribution >= 0.6 is 0 Å². The number of rotatable bonds is 11. The van der Waals surface area contributed by atoms with Gasteiger partial charge in [0.1, 0.15) is 12.4 Å². The van der Waals surface area contributed by atoms with Gasteiger partial charge in [-0.2, -0.15) is 0 Å². The van der Waals surface area contributed by atoms with Gasteiger partial charge in [-0.1, -0.05) is 100 Å². The molecule has 0 heterocycles. The molecule has 39 heavy (non-hydrogen) atoms. The highest BCUT2D eigenvalue weighted by atomic mass is 19.1. The van der Waals surface area contributed by atoms with Crippen LogP contribution in [-0.2, 0) is 6.61 Å². The summed E-state index contributed by atoms with van der Waals surface area (Å²) < 4.78 is 35.8. The molecule has 1 nitrogen and oxygen atoms in total. The van der Waals surface area contributed by atoms with E-state index in [4.69, 9.17) is 4.74 Å².